The molecule has 15 heteroatoms. The molecule has 3 N–H and O–H groups in total. The molecular weight excluding hydrogens is 935 g/mol. The Morgan fingerprint density at radius 1 is 0.534 bits per heavy atom. The molecule has 6 rings (SSSR count). The fraction of sp³-hybridized carbons (Fsp3) is 0.534. The molecule has 2 aliphatic rings. The normalized spacial score (nSPS) is 24.3. The van der Waals surface area contributed by atoms with Crippen molar-refractivity contribution in [3.05, 3.63) is 144 Å². The Morgan fingerprint density at radius 3 is 1.42 bits per heavy atom. The number of hydrogen-bond acceptors (Lipinski definition) is 14. The van der Waals surface area contributed by atoms with E-state index in [-0.39, 0.29) is 46.1 Å². The van der Waals surface area contributed by atoms with Crippen LogP contribution in [0.4, 0.5) is 0 Å². The summed E-state index contributed by atoms with van der Waals surface area (Å²) in [6.45, 7) is 4.51. The highest BCUT2D eigenvalue weighted by Gasteiger charge is 2.54. The summed E-state index contributed by atoms with van der Waals surface area (Å²) < 4.78 is 57.9. The third-order valence-corrected chi connectivity index (χ3v) is 13.0. The molecule has 15 nitrogen and oxygen atoms in total. The smallest absolute Gasteiger partial charge is 0.302 e. The summed E-state index contributed by atoms with van der Waals surface area (Å²) in [5.74, 6) is -1.70. The van der Waals surface area contributed by atoms with Crippen LogP contribution in [0.15, 0.2) is 121 Å². The maximum Gasteiger partial charge on any atom is 0.302 e. The molecule has 2 aliphatic heterocycles. The van der Waals surface area contributed by atoms with Crippen molar-refractivity contribution in [1.29, 1.82) is 0 Å². The lowest BCUT2D eigenvalue weighted by molar-refractivity contribution is -0.362. The van der Waals surface area contributed by atoms with Gasteiger partial charge in [0.05, 0.1) is 39.0 Å². The van der Waals surface area contributed by atoms with E-state index in [2.05, 4.69) is 12.2 Å². The van der Waals surface area contributed by atoms with Crippen molar-refractivity contribution in [3.8, 4) is 0 Å². The Bertz CT molecular complexity index is 2150. The van der Waals surface area contributed by atoms with Crippen LogP contribution in [0.1, 0.15) is 114 Å². The molecule has 73 heavy (non-hydrogen) atoms. The van der Waals surface area contributed by atoms with E-state index >= 15 is 0 Å². The quantitative estimate of drug-likeness (QED) is 0.0322. The number of nitrogens with one attached hydrogen (secondary N) is 1. The minimum absolute atomic E-state index is 0.0431. The van der Waals surface area contributed by atoms with Gasteiger partial charge in [-0.05, 0) is 28.7 Å². The lowest BCUT2D eigenvalue weighted by Gasteiger charge is -2.49. The number of rotatable bonds is 31. The third-order valence-electron chi connectivity index (χ3n) is 13.0. The van der Waals surface area contributed by atoms with Gasteiger partial charge in [-0.2, -0.15) is 0 Å². The summed E-state index contributed by atoms with van der Waals surface area (Å²) in [5.41, 5.74) is 3.37. The third kappa shape index (κ3) is 19.6. The van der Waals surface area contributed by atoms with E-state index < -0.39 is 85.3 Å². The first kappa shape index (κ1) is 57.2. The second kappa shape index (κ2) is 31.6. The summed E-state index contributed by atoms with van der Waals surface area (Å²) in [4.78, 5) is 38.7. The van der Waals surface area contributed by atoms with Gasteiger partial charge in [0, 0.05) is 13.8 Å². The second-order valence-electron chi connectivity index (χ2n) is 18.9. The minimum atomic E-state index is -1.59. The first-order valence-electron chi connectivity index (χ1n) is 26.1. The van der Waals surface area contributed by atoms with Crippen molar-refractivity contribution in [3.63, 3.8) is 0 Å². The number of aliphatic hydroxyl groups is 2. The molecular formula is C58H77NO14. The molecule has 4 aromatic carbocycles. The zero-order chi connectivity index (χ0) is 51.6. The second-order valence-corrected chi connectivity index (χ2v) is 18.9. The van der Waals surface area contributed by atoms with Crippen LogP contribution in [0, 0.1) is 0 Å². The number of carbonyl (C=O) groups is 3. The van der Waals surface area contributed by atoms with Crippen LogP contribution in [-0.4, -0.2) is 109 Å². The van der Waals surface area contributed by atoms with E-state index in [0.29, 0.717) is 6.42 Å². The number of benzene rings is 4. The highest BCUT2D eigenvalue weighted by Crippen LogP contribution is 2.35. The topological polar surface area (TPSA) is 187 Å². The largest absolute Gasteiger partial charge is 0.463 e. The van der Waals surface area contributed by atoms with Gasteiger partial charge in [0.15, 0.2) is 12.6 Å². The van der Waals surface area contributed by atoms with Crippen LogP contribution in [0.5, 0.6) is 0 Å². The van der Waals surface area contributed by atoms with Crippen molar-refractivity contribution in [2.24, 2.45) is 0 Å². The average Bonchev–Trinajstić information content (AvgIpc) is 3.39. The molecule has 4 aromatic rings. The van der Waals surface area contributed by atoms with Crippen LogP contribution < -0.4 is 5.32 Å². The summed E-state index contributed by atoms with van der Waals surface area (Å²) >= 11 is 0. The van der Waals surface area contributed by atoms with Gasteiger partial charge in [-0.3, -0.25) is 14.4 Å². The zero-order valence-corrected chi connectivity index (χ0v) is 42.7. The Hall–Kier alpha value is -5.07. The molecule has 0 bridgehead atoms. The van der Waals surface area contributed by atoms with Gasteiger partial charge >= 0.3 is 11.9 Å². The molecule has 0 aromatic heterocycles. The summed E-state index contributed by atoms with van der Waals surface area (Å²) in [6.07, 6.45) is -1.36. The molecule has 11 atom stereocenters. The van der Waals surface area contributed by atoms with E-state index in [4.69, 9.17) is 42.6 Å². The van der Waals surface area contributed by atoms with Gasteiger partial charge in [0.1, 0.15) is 62.0 Å². The Kier molecular flexibility index (Phi) is 24.8. The first-order chi connectivity index (χ1) is 35.6. The lowest BCUT2D eigenvalue weighted by atomic mass is 9.94. The van der Waals surface area contributed by atoms with E-state index in [1.807, 2.05) is 121 Å². The number of carbonyl (C=O) groups excluding carboxylic acids is 3. The molecule has 0 aliphatic carbocycles. The highest BCUT2D eigenvalue weighted by atomic mass is 16.8. The van der Waals surface area contributed by atoms with Crippen LogP contribution in [0.2, 0.25) is 0 Å². The Balaban J connectivity index is 1.30. The number of esters is 2. The lowest BCUT2D eigenvalue weighted by Crippen LogP contribution is -2.68. The minimum Gasteiger partial charge on any atom is -0.463 e. The van der Waals surface area contributed by atoms with Crippen molar-refractivity contribution in [2.45, 2.75) is 185 Å². The Labute approximate surface area is 431 Å². The summed E-state index contributed by atoms with van der Waals surface area (Å²) in [5, 5.41) is 26.6. The molecule has 2 heterocycles. The summed E-state index contributed by atoms with van der Waals surface area (Å²) in [7, 11) is 0. The first-order valence-corrected chi connectivity index (χ1v) is 26.1. The maximum atomic E-state index is 13.9. The molecule has 0 spiro atoms. The van der Waals surface area contributed by atoms with Gasteiger partial charge in [0.25, 0.3) is 0 Å². The fourth-order valence-electron chi connectivity index (χ4n) is 9.07. The SMILES string of the molecule is CCCCCCCCCCC[C@@H](O)CC(=O)N[C@H]1[C@H](OCc2ccccc2)O[C@H](COC(C)=O)[C@@H](O[C@@H]2O[C@H](COC(C)=O)[C@@H](OCc3ccccc3)[C@H](OCc3ccccc3)[C@@H]2OCc2ccccc2)[C@@H]1O. The standard InChI is InChI=1S/C58H77NO14/c1-4-5-6-7-8-9-10-11-24-33-47(62)34-50(63)59-51-52(64)53(48(39-65-41(2)60)71-57(51)70-38-46-31-22-15-23-32-46)73-58-56(69-37-45-29-20-14-21-30-45)55(68-36-44-27-18-13-19-28-44)54(49(72-58)40-66-42(3)61)67-35-43-25-16-12-17-26-43/h12-23,25-32,47-49,51-58,62,64H,4-11,24,33-40H2,1-3H3,(H,59,63)/t47-,48-,49-,51-,52-,53-,54-,55+,56+,57-,58+/m1/s1. The number of ether oxygens (including phenoxy) is 9. The molecule has 398 valence electrons. The molecule has 0 saturated carbocycles. The van der Waals surface area contributed by atoms with Crippen LogP contribution in [-0.2, 0) is 83.4 Å². The fourth-order valence-corrected chi connectivity index (χ4v) is 9.07. The van der Waals surface area contributed by atoms with Gasteiger partial charge in [-0.15, -0.1) is 0 Å². The van der Waals surface area contributed by atoms with E-state index in [1.54, 1.807) is 0 Å². The van der Waals surface area contributed by atoms with Gasteiger partial charge < -0.3 is 58.2 Å². The number of hydrogen-bond donors (Lipinski definition) is 3. The monoisotopic (exact) mass is 1010 g/mol. The average molecular weight is 1010 g/mol. The van der Waals surface area contributed by atoms with E-state index in [0.717, 1.165) is 47.9 Å². The Morgan fingerprint density at radius 2 is 0.945 bits per heavy atom. The molecule has 1 amide bonds. The molecule has 2 saturated heterocycles. The van der Waals surface area contributed by atoms with Crippen molar-refractivity contribution in [1.82, 2.24) is 5.32 Å². The molecule has 0 unspecified atom stereocenters. The van der Waals surface area contributed by atoms with Crippen molar-refractivity contribution in [2.75, 3.05) is 13.2 Å². The summed E-state index contributed by atoms with van der Waals surface area (Å²) in [6, 6.07) is 36.7. The zero-order valence-electron chi connectivity index (χ0n) is 42.7. The highest BCUT2D eigenvalue weighted by molar-refractivity contribution is 5.77. The van der Waals surface area contributed by atoms with E-state index in [9.17, 15) is 24.6 Å². The number of amides is 1. The number of aliphatic hydroxyl groups excluding tert-OH is 2. The maximum absolute atomic E-state index is 13.9. The van der Waals surface area contributed by atoms with E-state index in [1.165, 1.54) is 46.0 Å². The number of unbranched alkanes of at least 4 members (excludes halogenated alkanes) is 8. The predicted molar refractivity (Wildman–Crippen MR) is 272 cm³/mol. The van der Waals surface area contributed by atoms with Crippen molar-refractivity contribution >= 4 is 17.8 Å². The van der Waals surface area contributed by atoms with Crippen molar-refractivity contribution < 1.29 is 67.2 Å². The molecule has 0 radical (unpaired) electrons. The van der Waals surface area contributed by atoms with Crippen LogP contribution in [0.3, 0.4) is 0 Å². The molecule has 2 fully saturated rings. The van der Waals surface area contributed by atoms with Crippen LogP contribution >= 0.6 is 0 Å². The van der Waals surface area contributed by atoms with Gasteiger partial charge in [0.2, 0.25) is 5.91 Å². The predicted octanol–water partition coefficient (Wildman–Crippen LogP) is 8.44. The van der Waals surface area contributed by atoms with Gasteiger partial charge in [-0.25, -0.2) is 0 Å². The van der Waals surface area contributed by atoms with Crippen LogP contribution in [0.25, 0.3) is 0 Å². The van der Waals surface area contributed by atoms with Gasteiger partial charge in [-0.1, -0.05) is 186 Å².